The van der Waals surface area contributed by atoms with Gasteiger partial charge < -0.3 is 14.2 Å². The molecule has 2 heterocycles. The Morgan fingerprint density at radius 2 is 1.74 bits per heavy atom. The molecule has 0 radical (unpaired) electrons. The quantitative estimate of drug-likeness (QED) is 0.765. The summed E-state index contributed by atoms with van der Waals surface area (Å²) in [5.41, 5.74) is 1.77. The predicted molar refractivity (Wildman–Crippen MR) is 99.9 cm³/mol. The Hall–Kier alpha value is -2.47. The number of carbonyl (C=O) groups is 2. The van der Waals surface area contributed by atoms with E-state index in [4.69, 9.17) is 14.2 Å². The van der Waals surface area contributed by atoms with Crippen molar-refractivity contribution in [3.05, 3.63) is 42.1 Å². The maximum Gasteiger partial charge on any atom is 0.303 e. The van der Waals surface area contributed by atoms with Gasteiger partial charge in [-0.3, -0.25) is 14.6 Å². The number of fused-ring (bicyclic) bond motifs is 1. The van der Waals surface area contributed by atoms with Crippen LogP contribution >= 0.6 is 0 Å². The number of aromatic nitrogens is 1. The number of nitrogens with zero attached hydrogens (tertiary/aromatic N) is 1. The van der Waals surface area contributed by atoms with E-state index in [1.54, 1.807) is 6.20 Å². The summed E-state index contributed by atoms with van der Waals surface area (Å²) in [6, 6.07) is 9.69. The zero-order valence-electron chi connectivity index (χ0n) is 16.0. The van der Waals surface area contributed by atoms with Gasteiger partial charge in [-0.05, 0) is 31.0 Å². The van der Waals surface area contributed by atoms with E-state index in [0.29, 0.717) is 6.42 Å². The van der Waals surface area contributed by atoms with Gasteiger partial charge >= 0.3 is 11.9 Å². The molecule has 0 bridgehead atoms. The zero-order valence-corrected chi connectivity index (χ0v) is 16.0. The van der Waals surface area contributed by atoms with Gasteiger partial charge in [0, 0.05) is 31.3 Å². The van der Waals surface area contributed by atoms with E-state index in [2.05, 4.69) is 4.98 Å². The molecule has 0 amide bonds. The molecule has 1 aliphatic rings. The Kier molecular flexibility index (Phi) is 5.75. The minimum absolute atomic E-state index is 0.168. The summed E-state index contributed by atoms with van der Waals surface area (Å²) < 4.78 is 17.5. The third-order valence-corrected chi connectivity index (χ3v) is 5.03. The number of rotatable bonds is 4. The van der Waals surface area contributed by atoms with Crippen molar-refractivity contribution in [2.45, 2.75) is 58.5 Å². The van der Waals surface area contributed by atoms with E-state index in [1.807, 2.05) is 44.2 Å². The van der Waals surface area contributed by atoms with Gasteiger partial charge in [-0.2, -0.15) is 0 Å². The Morgan fingerprint density at radius 1 is 1.07 bits per heavy atom. The summed E-state index contributed by atoms with van der Waals surface area (Å²) in [7, 11) is 0. The standard InChI is InChI=1S/C21H25NO5/c1-5-15-19(26-13(3)23)12(2)25-21(20(15)27-14(4)24)17-10-11-22-18-9-7-6-8-16(17)18/h6-12,15,19-21H,5H2,1-4H3/t12-,15+,19+,20-,21?/m1/s1. The van der Waals surface area contributed by atoms with E-state index >= 15 is 0 Å². The Labute approximate surface area is 158 Å². The first-order chi connectivity index (χ1) is 12.9. The Bertz CT molecular complexity index is 831. The molecule has 6 heteroatoms. The monoisotopic (exact) mass is 371 g/mol. The molecule has 1 saturated heterocycles. The fourth-order valence-corrected chi connectivity index (χ4v) is 3.94. The van der Waals surface area contributed by atoms with Crippen molar-refractivity contribution >= 4 is 22.8 Å². The largest absolute Gasteiger partial charge is 0.459 e. The minimum atomic E-state index is -0.557. The fraction of sp³-hybridized carbons (Fsp3) is 0.476. The molecule has 5 atom stereocenters. The normalized spacial score (nSPS) is 27.9. The number of carbonyl (C=O) groups excluding carboxylic acids is 2. The van der Waals surface area contributed by atoms with Crippen LogP contribution in [-0.4, -0.2) is 35.2 Å². The topological polar surface area (TPSA) is 74.7 Å². The summed E-state index contributed by atoms with van der Waals surface area (Å²) in [6.45, 7) is 6.64. The van der Waals surface area contributed by atoms with Gasteiger partial charge in [-0.1, -0.05) is 25.1 Å². The van der Waals surface area contributed by atoms with Crippen LogP contribution in [0.2, 0.25) is 0 Å². The predicted octanol–water partition coefficient (Wildman–Crippen LogP) is 3.58. The smallest absolute Gasteiger partial charge is 0.303 e. The van der Waals surface area contributed by atoms with Gasteiger partial charge in [-0.25, -0.2) is 0 Å². The Balaban J connectivity index is 2.07. The molecule has 0 saturated carbocycles. The zero-order chi connectivity index (χ0) is 19.6. The van der Waals surface area contributed by atoms with E-state index in [0.717, 1.165) is 16.5 Å². The molecule has 144 valence electrons. The van der Waals surface area contributed by atoms with Gasteiger partial charge in [0.25, 0.3) is 0 Å². The van der Waals surface area contributed by atoms with Crippen LogP contribution in [0.1, 0.15) is 45.8 Å². The summed E-state index contributed by atoms with van der Waals surface area (Å²) in [5.74, 6) is -0.927. The molecule has 0 spiro atoms. The van der Waals surface area contributed by atoms with E-state index in [9.17, 15) is 9.59 Å². The van der Waals surface area contributed by atoms with Crippen molar-refractivity contribution in [2.24, 2.45) is 5.92 Å². The lowest BCUT2D eigenvalue weighted by atomic mass is 9.81. The third-order valence-electron chi connectivity index (χ3n) is 5.03. The van der Waals surface area contributed by atoms with Crippen LogP contribution in [0.15, 0.2) is 36.5 Å². The van der Waals surface area contributed by atoms with Crippen LogP contribution < -0.4 is 0 Å². The second-order valence-corrected chi connectivity index (χ2v) is 6.90. The molecule has 1 aromatic carbocycles. The number of esters is 2. The minimum Gasteiger partial charge on any atom is -0.459 e. The lowest BCUT2D eigenvalue weighted by Crippen LogP contribution is -2.52. The average molecular weight is 371 g/mol. The molecule has 1 unspecified atom stereocenters. The van der Waals surface area contributed by atoms with Crippen LogP contribution in [0.5, 0.6) is 0 Å². The first kappa shape index (κ1) is 19.3. The van der Waals surface area contributed by atoms with E-state index < -0.39 is 18.3 Å². The fourth-order valence-electron chi connectivity index (χ4n) is 3.94. The van der Waals surface area contributed by atoms with Crippen LogP contribution in [0, 0.1) is 5.92 Å². The number of pyridine rings is 1. The molecule has 1 aliphatic heterocycles. The molecular formula is C21H25NO5. The number of hydrogen-bond acceptors (Lipinski definition) is 6. The van der Waals surface area contributed by atoms with Crippen molar-refractivity contribution in [3.8, 4) is 0 Å². The maximum atomic E-state index is 11.8. The highest BCUT2D eigenvalue weighted by molar-refractivity contribution is 5.82. The SMILES string of the molecule is CC[C@H]1[C@@H](OC(C)=O)[C@@H](C)OC(c2ccnc3ccccc23)[C@@H]1OC(C)=O. The highest BCUT2D eigenvalue weighted by Gasteiger charge is 2.47. The maximum absolute atomic E-state index is 11.8. The molecule has 6 nitrogen and oxygen atoms in total. The molecule has 0 N–H and O–H groups in total. The van der Waals surface area contributed by atoms with Gasteiger partial charge in [0.2, 0.25) is 0 Å². The van der Waals surface area contributed by atoms with Crippen LogP contribution in [-0.2, 0) is 23.8 Å². The third kappa shape index (κ3) is 3.95. The van der Waals surface area contributed by atoms with Gasteiger partial charge in [0.15, 0.2) is 0 Å². The number of ether oxygens (including phenoxy) is 3. The second-order valence-electron chi connectivity index (χ2n) is 6.90. The highest BCUT2D eigenvalue weighted by atomic mass is 16.6. The van der Waals surface area contributed by atoms with Crippen molar-refractivity contribution < 1.29 is 23.8 Å². The number of hydrogen-bond donors (Lipinski definition) is 0. The molecule has 0 aliphatic carbocycles. The summed E-state index contributed by atoms with van der Waals surface area (Å²) in [5, 5.41) is 0.954. The lowest BCUT2D eigenvalue weighted by Gasteiger charge is -2.45. The molecule has 1 fully saturated rings. The average Bonchev–Trinajstić information content (AvgIpc) is 2.63. The van der Waals surface area contributed by atoms with Crippen LogP contribution in [0.3, 0.4) is 0 Å². The molecule has 27 heavy (non-hydrogen) atoms. The molecule has 3 rings (SSSR count). The Morgan fingerprint density at radius 3 is 2.41 bits per heavy atom. The second kappa shape index (κ2) is 8.05. The van der Waals surface area contributed by atoms with Crippen molar-refractivity contribution in [1.29, 1.82) is 0 Å². The van der Waals surface area contributed by atoms with Crippen molar-refractivity contribution in [2.75, 3.05) is 0 Å². The molecule has 2 aromatic rings. The van der Waals surface area contributed by atoms with Gasteiger partial charge in [-0.15, -0.1) is 0 Å². The summed E-state index contributed by atoms with van der Waals surface area (Å²) in [4.78, 5) is 27.8. The van der Waals surface area contributed by atoms with Gasteiger partial charge in [0.1, 0.15) is 18.3 Å². The first-order valence-electron chi connectivity index (χ1n) is 9.26. The summed E-state index contributed by atoms with van der Waals surface area (Å²) >= 11 is 0. The first-order valence-corrected chi connectivity index (χ1v) is 9.26. The lowest BCUT2D eigenvalue weighted by molar-refractivity contribution is -0.222. The highest BCUT2D eigenvalue weighted by Crippen LogP contribution is 2.42. The summed E-state index contributed by atoms with van der Waals surface area (Å²) in [6.07, 6.45) is 0.592. The van der Waals surface area contributed by atoms with Crippen LogP contribution in [0.25, 0.3) is 10.9 Å². The van der Waals surface area contributed by atoms with E-state index in [-0.39, 0.29) is 24.0 Å². The van der Waals surface area contributed by atoms with Gasteiger partial charge in [0.05, 0.1) is 11.6 Å². The number of para-hydroxylation sites is 1. The molecule has 1 aromatic heterocycles. The van der Waals surface area contributed by atoms with Crippen LogP contribution in [0.4, 0.5) is 0 Å². The molecular weight excluding hydrogens is 346 g/mol. The van der Waals surface area contributed by atoms with Crippen molar-refractivity contribution in [3.63, 3.8) is 0 Å². The van der Waals surface area contributed by atoms with E-state index in [1.165, 1.54) is 13.8 Å². The number of benzene rings is 1. The van der Waals surface area contributed by atoms with Crippen molar-refractivity contribution in [1.82, 2.24) is 4.98 Å².